The van der Waals surface area contributed by atoms with Crippen LogP contribution < -0.4 is 5.19 Å². The third-order valence-electron chi connectivity index (χ3n) is 12.9. The van der Waals surface area contributed by atoms with Crippen LogP contribution in [-0.2, 0) is 25.5 Å². The zero-order valence-electron chi connectivity index (χ0n) is 42.0. The Morgan fingerprint density at radius 3 is 2.01 bits per heavy atom. The van der Waals surface area contributed by atoms with Crippen LogP contribution >= 0.6 is 11.3 Å². The Kier molecular flexibility index (Phi) is 13.1. The summed E-state index contributed by atoms with van der Waals surface area (Å²) in [5.41, 5.74) is 13.0. The minimum atomic E-state index is -1.50. The van der Waals surface area contributed by atoms with Gasteiger partial charge < -0.3 is 9.55 Å². The van der Waals surface area contributed by atoms with Crippen LogP contribution in [0.15, 0.2) is 164 Å². The Labute approximate surface area is 431 Å². The summed E-state index contributed by atoms with van der Waals surface area (Å²) >= 11 is 1.77. The molecule has 0 aliphatic heterocycles. The van der Waals surface area contributed by atoms with Crippen LogP contribution in [0.4, 0.5) is 4.39 Å². The van der Waals surface area contributed by atoms with E-state index in [4.69, 9.17) is 11.3 Å². The van der Waals surface area contributed by atoms with E-state index in [1.54, 1.807) is 17.5 Å². The first kappa shape index (κ1) is 47.3. The SMILES string of the molecule is Cc1ccc2c(c1)sc1c(-c3nc4c5ccc(F)cc5cnc4n3-c3c(-c4ccccc4)cc(C(C)(C)C)cc3-c3ccccc3)[c-]ccc12.[2H]C(C)(C)c1cc(-c2[c-]cccc2)ncc1[Si](C)(C)C.[Ir]. The van der Waals surface area contributed by atoms with Crippen LogP contribution in [0.1, 0.15) is 58.6 Å². The fourth-order valence-electron chi connectivity index (χ4n) is 9.24. The van der Waals surface area contributed by atoms with Crippen molar-refractivity contribution in [1.29, 1.82) is 0 Å². The molecule has 0 fully saturated rings. The van der Waals surface area contributed by atoms with Gasteiger partial charge in [0.05, 0.1) is 19.6 Å². The molecule has 4 aromatic heterocycles. The van der Waals surface area contributed by atoms with Gasteiger partial charge in [0.2, 0.25) is 0 Å². The average molecular weight is 1130 g/mol. The van der Waals surface area contributed by atoms with Gasteiger partial charge in [0.15, 0.2) is 5.65 Å². The monoisotopic (exact) mass is 1130 g/mol. The van der Waals surface area contributed by atoms with Crippen molar-refractivity contribution in [3.63, 3.8) is 0 Å². The molecule has 0 bridgehead atoms. The molecule has 1 radical (unpaired) electrons. The van der Waals surface area contributed by atoms with Gasteiger partial charge in [-0.15, -0.1) is 54.1 Å². The number of benzene rings is 7. The third kappa shape index (κ3) is 9.34. The van der Waals surface area contributed by atoms with Crippen LogP contribution in [-0.4, -0.2) is 27.6 Å². The largest absolute Gasteiger partial charge is 0.316 e. The minimum absolute atomic E-state index is 0. The Hall–Kier alpha value is -6.41. The van der Waals surface area contributed by atoms with Gasteiger partial charge in [-0.1, -0.05) is 150 Å². The topological polar surface area (TPSA) is 43.6 Å². The number of aromatic nitrogens is 4. The summed E-state index contributed by atoms with van der Waals surface area (Å²) in [7, 11) is -1.50. The van der Waals surface area contributed by atoms with Crippen LogP contribution in [0.25, 0.3) is 92.7 Å². The van der Waals surface area contributed by atoms with Gasteiger partial charge in [0.1, 0.15) is 11.3 Å². The van der Waals surface area contributed by atoms with Crippen molar-refractivity contribution in [2.75, 3.05) is 0 Å². The number of hydrogen-bond donors (Lipinski definition) is 0. The molecule has 4 heterocycles. The maximum atomic E-state index is 14.5. The smallest absolute Gasteiger partial charge is 0.156 e. The molecule has 0 atom stereocenters. The van der Waals surface area contributed by atoms with E-state index in [0.29, 0.717) is 11.0 Å². The van der Waals surface area contributed by atoms with E-state index >= 15 is 0 Å². The second-order valence-electron chi connectivity index (χ2n) is 20.2. The maximum absolute atomic E-state index is 14.5. The molecule has 11 rings (SSSR count). The fraction of sp³-hybridized carbons (Fsp3) is 0.177. The number of rotatable bonds is 7. The molecule has 0 saturated heterocycles. The first-order valence-corrected chi connectivity index (χ1v) is 27.8. The van der Waals surface area contributed by atoms with Gasteiger partial charge in [-0.25, -0.2) is 9.37 Å². The predicted molar refractivity (Wildman–Crippen MR) is 293 cm³/mol. The molecule has 70 heavy (non-hydrogen) atoms. The maximum Gasteiger partial charge on any atom is 0.156 e. The molecule has 11 aromatic rings. The second-order valence-corrected chi connectivity index (χ2v) is 26.3. The molecular weight excluding hydrogens is 1070 g/mol. The number of imidazole rings is 1. The van der Waals surface area contributed by atoms with Crippen molar-refractivity contribution in [2.45, 2.75) is 72.5 Å². The third-order valence-corrected chi connectivity index (χ3v) is 16.1. The molecule has 0 N–H and O–H groups in total. The molecule has 7 aromatic carbocycles. The minimum Gasteiger partial charge on any atom is -0.316 e. The Morgan fingerprint density at radius 2 is 1.39 bits per heavy atom. The summed E-state index contributed by atoms with van der Waals surface area (Å²) in [5, 5.41) is 5.23. The van der Waals surface area contributed by atoms with Crippen LogP contribution in [0.3, 0.4) is 0 Å². The summed E-state index contributed by atoms with van der Waals surface area (Å²) in [6.45, 7) is 19.7. The Balaban J connectivity index is 0.000000251. The van der Waals surface area contributed by atoms with Crippen molar-refractivity contribution in [3.8, 4) is 50.6 Å². The standard InChI is InChI=1S/C45H33FN3S.C17H22NSi.Ir/c1-27-18-20-34-35-16-11-17-36(42(35)50-39(34)22-27)43-48-40-33-21-19-32(46)23-30(33)26-47-44(40)49(43)41-37(28-12-7-5-8-13-28)24-31(45(2,3)4)25-38(41)29-14-9-6-10-15-29;1-13(2)15-11-16(14-9-7-6-8-10-14)18-12-17(15)19(3,4)5;/h5-16,18-26H,1-4H3;6-9,11-13H,1-5H3;/q2*-1;/i;13D;. The van der Waals surface area contributed by atoms with E-state index < -0.39 is 14.0 Å². The first-order chi connectivity index (χ1) is 33.4. The molecule has 0 aliphatic rings. The molecule has 8 heteroatoms. The van der Waals surface area contributed by atoms with E-state index in [9.17, 15) is 4.39 Å². The van der Waals surface area contributed by atoms with Gasteiger partial charge in [0.25, 0.3) is 0 Å². The van der Waals surface area contributed by atoms with Crippen molar-refractivity contribution in [1.82, 2.24) is 19.5 Å². The fourth-order valence-corrected chi connectivity index (χ4v) is 12.1. The summed E-state index contributed by atoms with van der Waals surface area (Å²) in [5.74, 6) is -0.161. The average Bonchev–Trinajstić information content (AvgIpc) is 3.92. The number of pyridine rings is 2. The van der Waals surface area contributed by atoms with Gasteiger partial charge in [-0.2, -0.15) is 11.3 Å². The van der Waals surface area contributed by atoms with Crippen LogP contribution in [0.5, 0.6) is 0 Å². The first-order valence-electron chi connectivity index (χ1n) is 24.0. The molecule has 0 saturated carbocycles. The van der Waals surface area contributed by atoms with E-state index in [1.807, 2.05) is 56.4 Å². The molecule has 0 unspecified atom stereocenters. The second kappa shape index (κ2) is 19.4. The van der Waals surface area contributed by atoms with Gasteiger partial charge in [-0.3, -0.25) is 4.98 Å². The quantitative estimate of drug-likeness (QED) is 0.118. The van der Waals surface area contributed by atoms with E-state index in [0.717, 1.165) is 71.8 Å². The molecule has 4 nitrogen and oxygen atoms in total. The molecule has 0 amide bonds. The summed E-state index contributed by atoms with van der Waals surface area (Å²) in [4.78, 5) is 15.1. The number of thiophene rings is 1. The summed E-state index contributed by atoms with van der Waals surface area (Å²) in [6.07, 6.45) is 3.75. The number of hydrogen-bond acceptors (Lipinski definition) is 4. The Morgan fingerprint density at radius 1 is 0.714 bits per heavy atom. The molecule has 351 valence electrons. The summed E-state index contributed by atoms with van der Waals surface area (Å²) < 4.78 is 27.5. The van der Waals surface area contributed by atoms with Crippen LogP contribution in [0, 0.1) is 24.9 Å². The number of aryl methyl sites for hydroxylation is 1. The van der Waals surface area contributed by atoms with Crippen molar-refractivity contribution >= 4 is 66.7 Å². The molecule has 0 aliphatic carbocycles. The zero-order valence-corrected chi connectivity index (χ0v) is 45.2. The van der Waals surface area contributed by atoms with Gasteiger partial charge in [0, 0.05) is 60.5 Å². The normalized spacial score (nSPS) is 12.2. The predicted octanol–water partition coefficient (Wildman–Crippen LogP) is 16.7. The number of halogens is 1. The Bertz CT molecular complexity index is 3680. The van der Waals surface area contributed by atoms with Gasteiger partial charge in [-0.05, 0) is 97.9 Å². The molecular formula is C62H55FIrN4SSi-2. The van der Waals surface area contributed by atoms with Crippen molar-refractivity contribution in [3.05, 3.63) is 199 Å². The van der Waals surface area contributed by atoms with Gasteiger partial charge >= 0.3 is 0 Å². The zero-order chi connectivity index (χ0) is 49.1. The van der Waals surface area contributed by atoms with E-state index in [1.165, 1.54) is 43.9 Å². The van der Waals surface area contributed by atoms with E-state index in [-0.39, 0.29) is 31.3 Å². The number of fused-ring (bicyclic) bond motifs is 6. The van der Waals surface area contributed by atoms with Crippen LogP contribution in [0.2, 0.25) is 19.6 Å². The van der Waals surface area contributed by atoms with E-state index in [2.05, 4.69) is 172 Å². The molecule has 0 spiro atoms. The number of nitrogens with zero attached hydrogens (tertiary/aromatic N) is 4. The van der Waals surface area contributed by atoms with Crippen molar-refractivity contribution < 1.29 is 25.9 Å². The van der Waals surface area contributed by atoms with Crippen molar-refractivity contribution in [2.24, 2.45) is 0 Å². The summed E-state index contributed by atoms with van der Waals surface area (Å²) in [6, 6.07) is 58.2.